The highest BCUT2D eigenvalue weighted by atomic mass is 16.6. The van der Waals surface area contributed by atoms with Gasteiger partial charge in [-0.15, -0.1) is 0 Å². The summed E-state index contributed by atoms with van der Waals surface area (Å²) in [4.78, 5) is 22.5. The van der Waals surface area contributed by atoms with E-state index in [0.29, 0.717) is 0 Å². The summed E-state index contributed by atoms with van der Waals surface area (Å²) in [6.07, 6.45) is -0.455. The molecule has 0 bridgehead atoms. The third-order valence-corrected chi connectivity index (χ3v) is 3.59. The highest BCUT2D eigenvalue weighted by molar-refractivity contribution is 5.89. The standard InChI is InChI=1S/C17H18N2O4/c1-12(18-2)16(13-6-4-3-5-7-13)23-17(20)14-8-10-15(11-9-14)19(21)22/h3-12,16,18H,1-2H3/t12-,16-/m1/s1. The predicted octanol–water partition coefficient (Wildman–Crippen LogP) is 3.10. The molecule has 2 atom stereocenters. The largest absolute Gasteiger partial charge is 0.452 e. The Balaban J connectivity index is 2.19. The van der Waals surface area contributed by atoms with E-state index in [1.807, 2.05) is 37.3 Å². The highest BCUT2D eigenvalue weighted by Gasteiger charge is 2.23. The van der Waals surface area contributed by atoms with Gasteiger partial charge in [0.05, 0.1) is 10.5 Å². The second-order valence-corrected chi connectivity index (χ2v) is 5.12. The number of nitrogens with zero attached hydrogens (tertiary/aromatic N) is 1. The molecule has 2 aromatic rings. The lowest BCUT2D eigenvalue weighted by atomic mass is 10.0. The molecule has 0 aliphatic rings. The molecule has 120 valence electrons. The fourth-order valence-electron chi connectivity index (χ4n) is 2.16. The average Bonchev–Trinajstić information content (AvgIpc) is 2.59. The van der Waals surface area contributed by atoms with Gasteiger partial charge in [0.25, 0.3) is 5.69 Å². The van der Waals surface area contributed by atoms with Crippen molar-refractivity contribution in [2.45, 2.75) is 19.1 Å². The minimum absolute atomic E-state index is 0.0650. The van der Waals surface area contributed by atoms with Gasteiger partial charge in [-0.2, -0.15) is 0 Å². The topological polar surface area (TPSA) is 81.5 Å². The highest BCUT2D eigenvalue weighted by Crippen LogP contribution is 2.23. The van der Waals surface area contributed by atoms with Crippen LogP contribution in [-0.4, -0.2) is 24.0 Å². The van der Waals surface area contributed by atoms with E-state index in [0.717, 1.165) is 5.56 Å². The Morgan fingerprint density at radius 1 is 1.13 bits per heavy atom. The minimum atomic E-state index is -0.518. The Kier molecular flexibility index (Phi) is 5.43. The molecule has 0 spiro atoms. The lowest BCUT2D eigenvalue weighted by molar-refractivity contribution is -0.384. The molecular weight excluding hydrogens is 296 g/mol. The number of nitro groups is 1. The van der Waals surface area contributed by atoms with Crippen LogP contribution in [0.2, 0.25) is 0 Å². The van der Waals surface area contributed by atoms with E-state index >= 15 is 0 Å². The van der Waals surface area contributed by atoms with Crippen molar-refractivity contribution >= 4 is 11.7 Å². The molecule has 0 radical (unpaired) electrons. The van der Waals surface area contributed by atoms with Crippen molar-refractivity contribution in [2.24, 2.45) is 0 Å². The Labute approximate surface area is 134 Å². The second kappa shape index (κ2) is 7.51. The normalized spacial score (nSPS) is 13.1. The van der Waals surface area contributed by atoms with E-state index in [9.17, 15) is 14.9 Å². The maximum absolute atomic E-state index is 12.3. The van der Waals surface area contributed by atoms with Crippen molar-refractivity contribution in [3.05, 3.63) is 75.8 Å². The number of carbonyl (C=O) groups excluding carboxylic acids is 1. The molecule has 0 heterocycles. The molecule has 6 nitrogen and oxygen atoms in total. The third-order valence-electron chi connectivity index (χ3n) is 3.59. The lowest BCUT2D eigenvalue weighted by Crippen LogP contribution is -2.32. The van der Waals surface area contributed by atoms with Crippen molar-refractivity contribution in [1.82, 2.24) is 5.32 Å². The van der Waals surface area contributed by atoms with Gasteiger partial charge < -0.3 is 10.1 Å². The quantitative estimate of drug-likeness (QED) is 0.503. The van der Waals surface area contributed by atoms with Crippen LogP contribution >= 0.6 is 0 Å². The molecule has 2 rings (SSSR count). The molecule has 0 aliphatic carbocycles. The number of hydrogen-bond acceptors (Lipinski definition) is 5. The molecule has 0 fully saturated rings. The lowest BCUT2D eigenvalue weighted by Gasteiger charge is -2.24. The number of nitrogens with one attached hydrogen (secondary N) is 1. The minimum Gasteiger partial charge on any atom is -0.452 e. The number of non-ortho nitro benzene ring substituents is 1. The summed E-state index contributed by atoms with van der Waals surface area (Å²) in [6.45, 7) is 1.92. The number of benzene rings is 2. The Hall–Kier alpha value is -2.73. The zero-order valence-corrected chi connectivity index (χ0v) is 12.9. The van der Waals surface area contributed by atoms with Gasteiger partial charge >= 0.3 is 5.97 Å². The second-order valence-electron chi connectivity index (χ2n) is 5.12. The molecule has 23 heavy (non-hydrogen) atoms. The number of rotatable bonds is 6. The first kappa shape index (κ1) is 16.6. The molecule has 1 N–H and O–H groups in total. The fourth-order valence-corrected chi connectivity index (χ4v) is 2.16. The zero-order valence-electron chi connectivity index (χ0n) is 12.9. The Morgan fingerprint density at radius 2 is 1.74 bits per heavy atom. The molecule has 0 saturated heterocycles. The van der Waals surface area contributed by atoms with Crippen LogP contribution in [0.25, 0.3) is 0 Å². The zero-order chi connectivity index (χ0) is 16.8. The van der Waals surface area contributed by atoms with Gasteiger partial charge in [0, 0.05) is 18.2 Å². The number of likely N-dealkylation sites (N-methyl/N-ethyl adjacent to an activating group) is 1. The van der Waals surface area contributed by atoms with Crippen molar-refractivity contribution in [2.75, 3.05) is 7.05 Å². The maximum atomic E-state index is 12.3. The van der Waals surface area contributed by atoms with Gasteiger partial charge in [-0.25, -0.2) is 4.79 Å². The summed E-state index contributed by atoms with van der Waals surface area (Å²) in [5, 5.41) is 13.7. The van der Waals surface area contributed by atoms with Crippen molar-refractivity contribution in [3.63, 3.8) is 0 Å². The summed E-state index contributed by atoms with van der Waals surface area (Å²) in [5.74, 6) is -0.518. The maximum Gasteiger partial charge on any atom is 0.338 e. The summed E-state index contributed by atoms with van der Waals surface area (Å²) < 4.78 is 5.60. The first-order chi connectivity index (χ1) is 11.0. The third kappa shape index (κ3) is 4.14. The number of ether oxygens (including phenoxy) is 1. The predicted molar refractivity (Wildman–Crippen MR) is 86.2 cm³/mol. The van der Waals surface area contributed by atoms with E-state index in [-0.39, 0.29) is 17.3 Å². The number of hydrogen-bond donors (Lipinski definition) is 1. The van der Waals surface area contributed by atoms with Crippen molar-refractivity contribution < 1.29 is 14.5 Å². The van der Waals surface area contributed by atoms with Crippen LogP contribution in [0.3, 0.4) is 0 Å². The van der Waals surface area contributed by atoms with Crippen molar-refractivity contribution in [1.29, 1.82) is 0 Å². The number of nitro benzene ring substituents is 1. The van der Waals surface area contributed by atoms with Crippen LogP contribution in [-0.2, 0) is 4.74 Å². The number of carbonyl (C=O) groups is 1. The van der Waals surface area contributed by atoms with Gasteiger partial charge in [0.2, 0.25) is 0 Å². The van der Waals surface area contributed by atoms with E-state index < -0.39 is 17.0 Å². The molecule has 0 aromatic heterocycles. The van der Waals surface area contributed by atoms with Crippen LogP contribution < -0.4 is 5.32 Å². The monoisotopic (exact) mass is 314 g/mol. The smallest absolute Gasteiger partial charge is 0.338 e. The molecule has 0 saturated carbocycles. The summed E-state index contributed by atoms with van der Waals surface area (Å²) in [7, 11) is 1.79. The van der Waals surface area contributed by atoms with E-state index in [1.54, 1.807) is 7.05 Å². The van der Waals surface area contributed by atoms with E-state index in [2.05, 4.69) is 5.32 Å². The van der Waals surface area contributed by atoms with Crippen molar-refractivity contribution in [3.8, 4) is 0 Å². The van der Waals surface area contributed by atoms with Crippen LogP contribution in [0.1, 0.15) is 28.9 Å². The van der Waals surface area contributed by atoms with Gasteiger partial charge in [-0.05, 0) is 31.7 Å². The van der Waals surface area contributed by atoms with Gasteiger partial charge in [0.15, 0.2) is 0 Å². The summed E-state index contributed by atoms with van der Waals surface area (Å²) in [5.41, 5.74) is 1.09. The van der Waals surface area contributed by atoms with Crippen LogP contribution in [0.4, 0.5) is 5.69 Å². The number of esters is 1. The molecular formula is C17H18N2O4. The van der Waals surface area contributed by atoms with Gasteiger partial charge in [0.1, 0.15) is 6.10 Å². The molecule has 6 heteroatoms. The van der Waals surface area contributed by atoms with E-state index in [1.165, 1.54) is 24.3 Å². The Bertz CT molecular complexity index is 671. The van der Waals surface area contributed by atoms with E-state index in [4.69, 9.17) is 4.74 Å². The molecule has 0 unspecified atom stereocenters. The van der Waals surface area contributed by atoms with Crippen LogP contribution in [0, 0.1) is 10.1 Å². The van der Waals surface area contributed by atoms with Crippen LogP contribution in [0.5, 0.6) is 0 Å². The van der Waals surface area contributed by atoms with Crippen LogP contribution in [0.15, 0.2) is 54.6 Å². The van der Waals surface area contributed by atoms with Gasteiger partial charge in [-0.1, -0.05) is 30.3 Å². The Morgan fingerprint density at radius 3 is 2.26 bits per heavy atom. The fraction of sp³-hybridized carbons (Fsp3) is 0.235. The van der Waals surface area contributed by atoms with Gasteiger partial charge in [-0.3, -0.25) is 10.1 Å². The summed E-state index contributed by atoms with van der Waals surface area (Å²) in [6, 6.07) is 14.7. The first-order valence-corrected chi connectivity index (χ1v) is 7.20. The average molecular weight is 314 g/mol. The first-order valence-electron chi connectivity index (χ1n) is 7.20. The SMILES string of the molecule is CN[C@H](C)[C@@H](OC(=O)c1ccc([N+](=O)[O-])cc1)c1ccccc1. The molecule has 2 aromatic carbocycles. The molecule has 0 aliphatic heterocycles. The summed E-state index contributed by atoms with van der Waals surface area (Å²) >= 11 is 0. The molecule has 0 amide bonds.